The summed E-state index contributed by atoms with van der Waals surface area (Å²) >= 11 is 0. The minimum atomic E-state index is 0.0733. The molecule has 2 aromatic rings. The summed E-state index contributed by atoms with van der Waals surface area (Å²) in [7, 11) is 0. The van der Waals surface area contributed by atoms with Gasteiger partial charge in [0.25, 0.3) is 0 Å². The Morgan fingerprint density at radius 1 is 1.32 bits per heavy atom. The quantitative estimate of drug-likeness (QED) is 0.800. The summed E-state index contributed by atoms with van der Waals surface area (Å²) in [6.07, 6.45) is 3.61. The molecule has 4 heterocycles. The van der Waals surface area contributed by atoms with Gasteiger partial charge in [0.1, 0.15) is 5.52 Å². The van der Waals surface area contributed by atoms with E-state index in [1.54, 1.807) is 6.20 Å². The van der Waals surface area contributed by atoms with Crippen molar-refractivity contribution in [3.05, 3.63) is 24.2 Å². The minimum absolute atomic E-state index is 0.0733. The van der Waals surface area contributed by atoms with Crippen LogP contribution in [0.15, 0.2) is 18.5 Å². The van der Waals surface area contributed by atoms with Crippen LogP contribution in [0.1, 0.15) is 5.69 Å². The third-order valence-electron chi connectivity index (χ3n) is 4.34. The molecular formula is C15H19N5O2. The number of aryl methyl sites for hydroxylation is 1. The molecule has 0 radical (unpaired) electrons. The highest BCUT2D eigenvalue weighted by molar-refractivity contribution is 5.83. The van der Waals surface area contributed by atoms with E-state index in [0.717, 1.165) is 30.1 Å². The maximum atomic E-state index is 12.4. The second-order valence-corrected chi connectivity index (χ2v) is 5.91. The van der Waals surface area contributed by atoms with E-state index in [0.29, 0.717) is 26.3 Å². The average molecular weight is 301 g/mol. The highest BCUT2D eigenvalue weighted by Gasteiger charge is 2.37. The molecule has 4 rings (SSSR count). The summed E-state index contributed by atoms with van der Waals surface area (Å²) in [4.78, 5) is 21.0. The zero-order valence-corrected chi connectivity index (χ0v) is 12.6. The van der Waals surface area contributed by atoms with Crippen LogP contribution in [0.3, 0.4) is 0 Å². The van der Waals surface area contributed by atoms with Crippen molar-refractivity contribution in [3.63, 3.8) is 0 Å². The van der Waals surface area contributed by atoms with Crippen LogP contribution in [0.2, 0.25) is 0 Å². The van der Waals surface area contributed by atoms with Crippen LogP contribution in [-0.4, -0.2) is 64.8 Å². The maximum absolute atomic E-state index is 12.4. The van der Waals surface area contributed by atoms with E-state index in [1.807, 2.05) is 28.6 Å². The lowest BCUT2D eigenvalue weighted by Crippen LogP contribution is -2.56. The van der Waals surface area contributed by atoms with Crippen LogP contribution in [-0.2, 0) is 9.53 Å². The zero-order valence-electron chi connectivity index (χ0n) is 12.6. The fraction of sp³-hybridized carbons (Fsp3) is 0.533. The van der Waals surface area contributed by atoms with Crippen LogP contribution in [0, 0.1) is 12.8 Å². The second-order valence-electron chi connectivity index (χ2n) is 5.91. The van der Waals surface area contributed by atoms with Crippen molar-refractivity contribution in [3.8, 4) is 0 Å². The van der Waals surface area contributed by atoms with Crippen LogP contribution < -0.4 is 4.90 Å². The highest BCUT2D eigenvalue weighted by atomic mass is 16.5. The van der Waals surface area contributed by atoms with Gasteiger partial charge >= 0.3 is 0 Å². The topological polar surface area (TPSA) is 63.0 Å². The van der Waals surface area contributed by atoms with Gasteiger partial charge in [0.2, 0.25) is 5.91 Å². The monoisotopic (exact) mass is 301 g/mol. The van der Waals surface area contributed by atoms with Crippen molar-refractivity contribution in [1.29, 1.82) is 0 Å². The Morgan fingerprint density at radius 2 is 2.09 bits per heavy atom. The van der Waals surface area contributed by atoms with Crippen molar-refractivity contribution in [2.24, 2.45) is 5.92 Å². The lowest BCUT2D eigenvalue weighted by Gasteiger charge is -2.42. The Balaban J connectivity index is 1.47. The SMILES string of the molecule is Cc1cc2c(N3CC(C(=O)N4CCOCC4)C3)nccn2n1. The smallest absolute Gasteiger partial charge is 0.229 e. The van der Waals surface area contributed by atoms with Crippen LogP contribution in [0.25, 0.3) is 5.52 Å². The molecule has 2 aliphatic heterocycles. The van der Waals surface area contributed by atoms with E-state index in [2.05, 4.69) is 15.0 Å². The van der Waals surface area contributed by atoms with Gasteiger partial charge in [0.05, 0.1) is 24.8 Å². The Labute approximate surface area is 128 Å². The molecular weight excluding hydrogens is 282 g/mol. The van der Waals surface area contributed by atoms with Crippen molar-refractivity contribution in [2.45, 2.75) is 6.92 Å². The molecule has 0 bridgehead atoms. The van der Waals surface area contributed by atoms with Gasteiger partial charge in [-0.15, -0.1) is 0 Å². The molecule has 116 valence electrons. The van der Waals surface area contributed by atoms with Gasteiger partial charge in [-0.25, -0.2) is 9.50 Å². The van der Waals surface area contributed by atoms with Gasteiger partial charge in [-0.2, -0.15) is 5.10 Å². The van der Waals surface area contributed by atoms with Gasteiger partial charge in [-0.05, 0) is 13.0 Å². The van der Waals surface area contributed by atoms with Gasteiger partial charge < -0.3 is 14.5 Å². The zero-order chi connectivity index (χ0) is 15.1. The second kappa shape index (κ2) is 5.24. The molecule has 0 N–H and O–H groups in total. The number of carbonyl (C=O) groups excluding carboxylic acids is 1. The Bertz CT molecular complexity index is 701. The molecule has 2 fully saturated rings. The van der Waals surface area contributed by atoms with Gasteiger partial charge in [-0.3, -0.25) is 4.79 Å². The summed E-state index contributed by atoms with van der Waals surface area (Å²) in [5.41, 5.74) is 1.97. The first-order valence-corrected chi connectivity index (χ1v) is 7.65. The fourth-order valence-corrected chi connectivity index (χ4v) is 3.12. The summed E-state index contributed by atoms with van der Waals surface area (Å²) in [5, 5.41) is 4.40. The number of hydrogen-bond donors (Lipinski definition) is 0. The summed E-state index contributed by atoms with van der Waals surface area (Å²) < 4.78 is 7.14. The molecule has 0 spiro atoms. The van der Waals surface area contributed by atoms with E-state index < -0.39 is 0 Å². The molecule has 7 heteroatoms. The molecule has 2 aromatic heterocycles. The van der Waals surface area contributed by atoms with Gasteiger partial charge in [-0.1, -0.05) is 0 Å². The van der Waals surface area contributed by atoms with Crippen molar-refractivity contribution < 1.29 is 9.53 Å². The number of fused-ring (bicyclic) bond motifs is 1. The standard InChI is InChI=1S/C15H19N5O2/c1-11-8-13-14(16-2-3-20(13)17-11)19-9-12(10-19)15(21)18-4-6-22-7-5-18/h2-3,8,12H,4-7,9-10H2,1H3. The normalized spacial score (nSPS) is 19.5. The largest absolute Gasteiger partial charge is 0.378 e. The highest BCUT2D eigenvalue weighted by Crippen LogP contribution is 2.28. The van der Waals surface area contributed by atoms with Gasteiger partial charge in [0, 0.05) is 38.6 Å². The molecule has 1 amide bonds. The fourth-order valence-electron chi connectivity index (χ4n) is 3.12. The number of nitrogens with zero attached hydrogens (tertiary/aromatic N) is 5. The molecule has 0 saturated carbocycles. The summed E-state index contributed by atoms with van der Waals surface area (Å²) in [6, 6.07) is 2.03. The number of hydrogen-bond acceptors (Lipinski definition) is 5. The summed E-state index contributed by atoms with van der Waals surface area (Å²) in [6.45, 7) is 6.16. The molecule has 22 heavy (non-hydrogen) atoms. The molecule has 0 aromatic carbocycles. The predicted molar refractivity (Wildman–Crippen MR) is 80.8 cm³/mol. The van der Waals surface area contributed by atoms with E-state index >= 15 is 0 Å². The van der Waals surface area contributed by atoms with Gasteiger partial charge in [0.15, 0.2) is 5.82 Å². The van der Waals surface area contributed by atoms with E-state index in [-0.39, 0.29) is 11.8 Å². The van der Waals surface area contributed by atoms with Crippen LogP contribution in [0.4, 0.5) is 5.82 Å². The number of rotatable bonds is 2. The van der Waals surface area contributed by atoms with Crippen molar-refractivity contribution >= 4 is 17.2 Å². The number of ether oxygens (including phenoxy) is 1. The molecule has 2 saturated heterocycles. The third-order valence-corrected chi connectivity index (χ3v) is 4.34. The molecule has 0 aliphatic carbocycles. The molecule has 7 nitrogen and oxygen atoms in total. The third kappa shape index (κ3) is 2.21. The Kier molecular flexibility index (Phi) is 3.22. The first-order chi connectivity index (χ1) is 10.7. The number of carbonyl (C=O) groups is 1. The minimum Gasteiger partial charge on any atom is -0.378 e. The van der Waals surface area contributed by atoms with E-state index in [9.17, 15) is 4.79 Å². The predicted octanol–water partition coefficient (Wildman–Crippen LogP) is 0.333. The first kappa shape index (κ1) is 13.5. The molecule has 2 aliphatic rings. The van der Waals surface area contributed by atoms with Crippen molar-refractivity contribution in [2.75, 3.05) is 44.3 Å². The van der Waals surface area contributed by atoms with E-state index in [1.165, 1.54) is 0 Å². The van der Waals surface area contributed by atoms with Crippen LogP contribution >= 0.6 is 0 Å². The van der Waals surface area contributed by atoms with Crippen LogP contribution in [0.5, 0.6) is 0 Å². The molecule has 0 atom stereocenters. The number of morpholine rings is 1. The molecule has 0 unspecified atom stereocenters. The first-order valence-electron chi connectivity index (χ1n) is 7.65. The lowest BCUT2D eigenvalue weighted by molar-refractivity contribution is -0.140. The summed E-state index contributed by atoms with van der Waals surface area (Å²) in [5.74, 6) is 1.23. The number of aromatic nitrogens is 3. The van der Waals surface area contributed by atoms with Crippen molar-refractivity contribution in [1.82, 2.24) is 19.5 Å². The number of anilines is 1. The average Bonchev–Trinajstić information content (AvgIpc) is 2.87. The van der Waals surface area contributed by atoms with E-state index in [4.69, 9.17) is 4.74 Å². The Hall–Kier alpha value is -2.15. The number of amides is 1. The lowest BCUT2D eigenvalue weighted by atomic mass is 9.98. The maximum Gasteiger partial charge on any atom is 0.229 e. The Morgan fingerprint density at radius 3 is 2.86 bits per heavy atom.